The molecule has 2 saturated carbocycles. The highest BCUT2D eigenvalue weighted by Crippen LogP contribution is 2.43. The molecular formula is C57H68F2N12O6. The number of rotatable bonds is 18. The number of nitrogens with zero attached hydrogens (tertiary/aromatic N) is 9. The van der Waals surface area contributed by atoms with Gasteiger partial charge in [0.15, 0.2) is 17.4 Å². The summed E-state index contributed by atoms with van der Waals surface area (Å²) >= 11 is 0. The zero-order valence-corrected chi connectivity index (χ0v) is 44.9. The summed E-state index contributed by atoms with van der Waals surface area (Å²) in [6.07, 6.45) is 12.7. The Morgan fingerprint density at radius 3 is 2.39 bits per heavy atom. The van der Waals surface area contributed by atoms with E-state index in [1.54, 1.807) is 74.3 Å². The molecule has 1 atom stereocenters. The molecule has 3 aromatic carbocycles. The molecule has 0 bridgehead atoms. The van der Waals surface area contributed by atoms with Crippen LogP contribution in [0.3, 0.4) is 0 Å². The van der Waals surface area contributed by atoms with Gasteiger partial charge in [-0.3, -0.25) is 19.2 Å². The zero-order valence-electron chi connectivity index (χ0n) is 44.9. The zero-order chi connectivity index (χ0) is 54.7. The summed E-state index contributed by atoms with van der Waals surface area (Å²) in [6, 6.07) is 11.8. The van der Waals surface area contributed by atoms with Crippen molar-refractivity contribution in [2.24, 2.45) is 0 Å². The highest BCUT2D eigenvalue weighted by molar-refractivity contribution is 6.06. The Balaban J connectivity index is 0.965. The van der Waals surface area contributed by atoms with Gasteiger partial charge in [-0.15, -0.1) is 0 Å². The van der Waals surface area contributed by atoms with Crippen LogP contribution in [0.1, 0.15) is 109 Å². The monoisotopic (exact) mass is 1050 g/mol. The van der Waals surface area contributed by atoms with Gasteiger partial charge in [-0.1, -0.05) is 31.9 Å². The van der Waals surface area contributed by atoms with E-state index < -0.39 is 23.6 Å². The average Bonchev–Trinajstić information content (AvgIpc) is 4.15. The minimum absolute atomic E-state index is 0.0217. The lowest BCUT2D eigenvalue weighted by atomic mass is 10.0. The van der Waals surface area contributed by atoms with Crippen LogP contribution in [-0.2, 0) is 9.59 Å². The first kappa shape index (κ1) is 54.1. The summed E-state index contributed by atoms with van der Waals surface area (Å²) in [5, 5.41) is 5.85. The van der Waals surface area contributed by atoms with Crippen molar-refractivity contribution >= 4 is 58.3 Å². The fourth-order valence-corrected chi connectivity index (χ4v) is 10.7. The molecule has 20 heteroatoms. The highest BCUT2D eigenvalue weighted by Gasteiger charge is 2.42. The Morgan fingerprint density at radius 1 is 0.948 bits per heavy atom. The fourth-order valence-electron chi connectivity index (χ4n) is 10.7. The maximum Gasteiger partial charge on any atom is 0.258 e. The van der Waals surface area contributed by atoms with Crippen LogP contribution in [0.5, 0.6) is 11.5 Å². The van der Waals surface area contributed by atoms with Crippen molar-refractivity contribution in [3.05, 3.63) is 107 Å². The van der Waals surface area contributed by atoms with Crippen molar-refractivity contribution in [3.8, 4) is 22.8 Å². The number of methoxy groups -OCH3 is 1. The number of ether oxygens (including phenoxy) is 2. The van der Waals surface area contributed by atoms with Crippen LogP contribution in [-0.4, -0.2) is 133 Å². The summed E-state index contributed by atoms with van der Waals surface area (Å²) < 4.78 is 42.8. The van der Waals surface area contributed by atoms with Gasteiger partial charge in [0, 0.05) is 48.6 Å². The van der Waals surface area contributed by atoms with Gasteiger partial charge >= 0.3 is 0 Å². The summed E-state index contributed by atoms with van der Waals surface area (Å²) in [4.78, 5) is 83.4. The maximum atomic E-state index is 15.4. The summed E-state index contributed by atoms with van der Waals surface area (Å²) in [7, 11) is 6.96. The van der Waals surface area contributed by atoms with Gasteiger partial charge in [0.05, 0.1) is 37.6 Å². The van der Waals surface area contributed by atoms with E-state index in [0.29, 0.717) is 52.0 Å². The molecule has 77 heavy (non-hydrogen) atoms. The lowest BCUT2D eigenvalue weighted by Crippen LogP contribution is -2.55. The van der Waals surface area contributed by atoms with E-state index in [9.17, 15) is 19.2 Å². The number of aromatic nitrogens is 4. The third kappa shape index (κ3) is 11.5. The third-order valence-corrected chi connectivity index (χ3v) is 15.4. The number of benzene rings is 3. The second-order valence-electron chi connectivity index (χ2n) is 20.5. The van der Waals surface area contributed by atoms with E-state index in [1.807, 2.05) is 6.92 Å². The quantitative estimate of drug-likeness (QED) is 0.0709. The Labute approximate surface area is 448 Å². The molecule has 406 valence electrons. The number of anilines is 6. The number of carbonyl (C=O) groups excluding carboxylic acids is 4. The number of hydrogen-bond donors (Lipinski definition) is 3. The summed E-state index contributed by atoms with van der Waals surface area (Å²) in [5.41, 5.74) is 9.79. The van der Waals surface area contributed by atoms with E-state index in [0.717, 1.165) is 76.1 Å². The number of likely N-dealkylation sites (tertiary alicyclic amines) is 1. The van der Waals surface area contributed by atoms with Crippen LogP contribution in [0.25, 0.3) is 11.3 Å². The van der Waals surface area contributed by atoms with Crippen molar-refractivity contribution in [3.63, 3.8) is 0 Å². The van der Waals surface area contributed by atoms with Crippen LogP contribution < -0.4 is 40.5 Å². The molecule has 1 saturated heterocycles. The molecule has 2 aromatic heterocycles. The Kier molecular flexibility index (Phi) is 16.3. The molecular weight excluding hydrogens is 987 g/mol. The van der Waals surface area contributed by atoms with Crippen molar-refractivity contribution in [1.82, 2.24) is 35.1 Å². The molecule has 9 rings (SSSR count). The lowest BCUT2D eigenvalue weighted by Gasteiger charge is -2.43. The number of hydrogen-bond acceptors (Lipinski definition) is 14. The minimum atomic E-state index is -0.740. The first-order chi connectivity index (χ1) is 37.1. The predicted octanol–water partition coefficient (Wildman–Crippen LogP) is 8.19. The van der Waals surface area contributed by atoms with Crippen LogP contribution in [0.2, 0.25) is 0 Å². The largest absolute Gasteiger partial charge is 0.495 e. The van der Waals surface area contributed by atoms with Gasteiger partial charge in [-0.25, -0.2) is 23.7 Å². The number of allylic oxidation sites excluding steroid dienone is 1. The number of nitrogens with one attached hydrogen (secondary N) is 2. The second kappa shape index (κ2) is 23.2. The van der Waals surface area contributed by atoms with Crippen LogP contribution in [0, 0.1) is 18.6 Å². The van der Waals surface area contributed by atoms with Crippen LogP contribution >= 0.6 is 0 Å². The molecule has 0 unspecified atom stereocenters. The van der Waals surface area contributed by atoms with Gasteiger partial charge in [-0.2, -0.15) is 4.98 Å². The Bertz CT molecular complexity index is 3080. The van der Waals surface area contributed by atoms with Crippen molar-refractivity contribution in [2.75, 3.05) is 86.8 Å². The number of halogens is 2. The normalized spacial score (nSPS) is 17.3. The molecule has 4 aliphatic rings. The van der Waals surface area contributed by atoms with Crippen molar-refractivity contribution in [2.45, 2.75) is 103 Å². The molecule has 2 aliphatic heterocycles. The van der Waals surface area contributed by atoms with Gasteiger partial charge in [0.25, 0.3) is 17.7 Å². The average molecular weight is 1060 g/mol. The third-order valence-electron chi connectivity index (χ3n) is 15.4. The molecule has 4 N–H and O–H groups in total. The van der Waals surface area contributed by atoms with Gasteiger partial charge in [0.1, 0.15) is 47.7 Å². The Hall–Kier alpha value is -7.74. The van der Waals surface area contributed by atoms with E-state index in [2.05, 4.69) is 37.4 Å². The minimum Gasteiger partial charge on any atom is -0.495 e. The molecule has 5 aromatic rings. The molecule has 4 heterocycles. The number of piperidine rings is 1. The topological polar surface area (TPSA) is 205 Å². The molecule has 18 nitrogen and oxygen atoms in total. The summed E-state index contributed by atoms with van der Waals surface area (Å²) in [6.45, 7) is 7.12. The molecule has 3 fully saturated rings. The standard InChI is InChI=1S/C57H68F2N12O6/c1-8-34(55(74)68(5)24-25-77-50-49(62-32-63-51(50)60)42-28-38(58)29-44(33(42)3)65-54(73)41-18-16-36(26-43(41)59)35-14-15-35)31-70(46-19-17-37(27-48(46)76-7)53(72)64-39-20-22-67(4)23-21-39)57-61-30-47-52(66-57)71(40-12-10-11-13-40)45(9-2)56(75)69(47)6/h8,16-19,26-30,32,35,39-40,45H,9-15,20-25,31H2,1-7H3,(H,64,72)(H,65,73)(H2,60,62,63)/b34-8-/t45-/m1/s1. The SMILES string of the molecule is C/C=C(/CN(c1ncc2c(n1)N(C1CCCC1)[C@H](CC)C(=O)N2C)c1ccc(C(=O)NC2CCN(C)CC2)cc1OC)C(=O)N(C)CCOc1c(N)ncnc1-c1cc(F)cc(NC(=O)c2ccc(C3CC3)cc2F)c1C. The fraction of sp³-hybridized carbons (Fsp3) is 0.439. The predicted molar refractivity (Wildman–Crippen MR) is 292 cm³/mol. The number of nitrogens with two attached hydrogens (primary N) is 1. The van der Waals surface area contributed by atoms with E-state index in [1.165, 1.54) is 36.5 Å². The number of nitrogen functional groups attached to an aromatic ring is 1. The molecule has 2 aliphatic carbocycles. The number of carbonyl (C=O) groups is 4. The highest BCUT2D eigenvalue weighted by atomic mass is 19.1. The lowest BCUT2D eigenvalue weighted by molar-refractivity contribution is -0.126. The van der Waals surface area contributed by atoms with Gasteiger partial charge < -0.3 is 50.3 Å². The van der Waals surface area contributed by atoms with Crippen molar-refractivity contribution < 1.29 is 37.4 Å². The number of fused-ring (bicyclic) bond motifs is 1. The maximum absolute atomic E-state index is 15.4. The first-order valence-electron chi connectivity index (χ1n) is 26.5. The van der Waals surface area contributed by atoms with E-state index in [-0.39, 0.29) is 89.5 Å². The Morgan fingerprint density at radius 2 is 1.70 bits per heavy atom. The number of likely N-dealkylation sites (N-methyl/N-ethyl adjacent to an activating group) is 2. The van der Waals surface area contributed by atoms with E-state index >= 15 is 8.78 Å². The molecule has 4 amide bonds. The first-order valence-corrected chi connectivity index (χ1v) is 26.5. The van der Waals surface area contributed by atoms with Gasteiger partial charge in [-0.05, 0) is 138 Å². The van der Waals surface area contributed by atoms with E-state index in [4.69, 9.17) is 25.2 Å². The van der Waals surface area contributed by atoms with Gasteiger partial charge in [0.2, 0.25) is 11.9 Å². The van der Waals surface area contributed by atoms with Crippen LogP contribution in [0.4, 0.5) is 43.4 Å². The van der Waals surface area contributed by atoms with Crippen molar-refractivity contribution in [1.29, 1.82) is 0 Å². The van der Waals surface area contributed by atoms with Crippen LogP contribution in [0.15, 0.2) is 72.7 Å². The molecule has 0 radical (unpaired) electrons. The summed E-state index contributed by atoms with van der Waals surface area (Å²) in [5.74, 6) is -1.19. The smallest absolute Gasteiger partial charge is 0.258 e. The second-order valence-corrected chi connectivity index (χ2v) is 20.5. The molecule has 0 spiro atoms. The number of amides is 4.